The summed E-state index contributed by atoms with van der Waals surface area (Å²) in [5.74, 6) is -30.0. The van der Waals surface area contributed by atoms with Gasteiger partial charge in [-0.3, -0.25) is 0 Å². The van der Waals surface area contributed by atoms with Crippen molar-refractivity contribution in [2.45, 2.75) is 107 Å². The third-order valence-electron chi connectivity index (χ3n) is 5.17. The number of carbonyl (C=O) groups is 1. The highest BCUT2D eigenvalue weighted by atomic mass is 19.4. The summed E-state index contributed by atoms with van der Waals surface area (Å²) in [5, 5.41) is 0. The topological polar surface area (TPSA) is 26.3 Å². The van der Waals surface area contributed by atoms with Crippen LogP contribution in [0.25, 0.3) is 0 Å². The highest BCUT2D eigenvalue weighted by Gasteiger charge is 2.86. The zero-order valence-electron chi connectivity index (χ0n) is 18.8. The first-order valence-electron chi connectivity index (χ1n) is 10.8. The molecule has 0 rings (SSSR count). The van der Waals surface area contributed by atoms with E-state index in [1.807, 2.05) is 0 Å². The largest absolute Gasteiger partial charge is 0.466 e. The van der Waals surface area contributed by atoms with Crippen molar-refractivity contribution in [1.29, 1.82) is 0 Å². The lowest BCUT2D eigenvalue weighted by Crippen LogP contribution is -2.66. The molecule has 0 unspecified atom stereocenters. The second kappa shape index (κ2) is 12.9. The van der Waals surface area contributed by atoms with Gasteiger partial charge in [0.05, 0.1) is 7.11 Å². The van der Waals surface area contributed by atoms with E-state index in [4.69, 9.17) is 0 Å². The number of hydrogen-bond donors (Lipinski definition) is 0. The minimum atomic E-state index is -7.52. The van der Waals surface area contributed by atoms with E-state index >= 15 is 0 Å². The fraction of sp³-hybridized carbons (Fsp3) is 0.857. The van der Waals surface area contributed by atoms with Crippen LogP contribution in [0.15, 0.2) is 11.6 Å². The van der Waals surface area contributed by atoms with Crippen molar-refractivity contribution in [2.24, 2.45) is 0 Å². The van der Waals surface area contributed by atoms with Crippen LogP contribution in [-0.4, -0.2) is 42.9 Å². The molecule has 0 aliphatic carbocycles. The Morgan fingerprint density at radius 3 is 1.44 bits per heavy atom. The normalized spacial score (nSPS) is 14.4. The number of hydrogen-bond acceptors (Lipinski definition) is 2. The molecule has 0 aromatic rings. The van der Waals surface area contributed by atoms with Crippen LogP contribution >= 0.6 is 0 Å². The van der Waals surface area contributed by atoms with Gasteiger partial charge in [-0.05, 0) is 12.8 Å². The highest BCUT2D eigenvalue weighted by molar-refractivity contribution is 5.88. The molecule has 0 saturated carbocycles. The summed E-state index contributed by atoms with van der Waals surface area (Å²) in [5.41, 5.74) is -1.24. The number of carbonyl (C=O) groups excluding carboxylic acids is 1. The van der Waals surface area contributed by atoms with Crippen LogP contribution in [0.1, 0.15) is 77.6 Å². The van der Waals surface area contributed by atoms with Gasteiger partial charge in [-0.25, -0.2) is 4.79 Å². The van der Waals surface area contributed by atoms with Crippen LogP contribution in [0.2, 0.25) is 0 Å². The van der Waals surface area contributed by atoms with Crippen LogP contribution in [0.3, 0.4) is 0 Å². The van der Waals surface area contributed by atoms with Gasteiger partial charge >= 0.3 is 35.8 Å². The van der Waals surface area contributed by atoms with Crippen molar-refractivity contribution >= 4 is 5.97 Å². The molecular formula is C21H29F11O2. The third kappa shape index (κ3) is 8.00. The average molecular weight is 522 g/mol. The molecule has 13 heteroatoms. The molecule has 0 atom stereocenters. The number of esters is 1. The SMILES string of the molecule is CCCCCCCCCCCCC(=CC(F)(F)C(F)(F)C(F)(F)C(F)(F)C(F)(F)F)C(=O)OC. The molecule has 0 amide bonds. The molecule has 0 fully saturated rings. The summed E-state index contributed by atoms with van der Waals surface area (Å²) in [6.45, 7) is 2.07. The van der Waals surface area contributed by atoms with E-state index in [1.54, 1.807) is 0 Å². The van der Waals surface area contributed by atoms with Crippen LogP contribution in [-0.2, 0) is 9.53 Å². The number of rotatable bonds is 16. The fourth-order valence-corrected chi connectivity index (χ4v) is 3.06. The van der Waals surface area contributed by atoms with E-state index in [0.717, 1.165) is 44.9 Å². The predicted molar refractivity (Wildman–Crippen MR) is 102 cm³/mol. The first-order valence-corrected chi connectivity index (χ1v) is 10.8. The monoisotopic (exact) mass is 522 g/mol. The molecular weight excluding hydrogens is 493 g/mol. The fourth-order valence-electron chi connectivity index (χ4n) is 3.06. The van der Waals surface area contributed by atoms with Gasteiger partial charge in [0.1, 0.15) is 0 Å². The first kappa shape index (κ1) is 32.4. The van der Waals surface area contributed by atoms with Crippen molar-refractivity contribution in [1.82, 2.24) is 0 Å². The van der Waals surface area contributed by atoms with Crippen molar-refractivity contribution in [3.05, 3.63) is 11.6 Å². The first-order chi connectivity index (χ1) is 15.4. The molecule has 2 nitrogen and oxygen atoms in total. The maximum absolute atomic E-state index is 14.0. The third-order valence-corrected chi connectivity index (χ3v) is 5.17. The smallest absolute Gasteiger partial charge is 0.460 e. The minimum Gasteiger partial charge on any atom is -0.466 e. The Bertz CT molecular complexity index is 656. The molecule has 0 bridgehead atoms. The Morgan fingerprint density at radius 1 is 0.647 bits per heavy atom. The van der Waals surface area contributed by atoms with Crippen molar-refractivity contribution in [2.75, 3.05) is 7.11 Å². The Balaban J connectivity index is 5.32. The standard InChI is InChI=1S/C21H29F11O2/c1-3-4-5-6-7-8-9-10-11-12-13-15(16(33)34-2)14-17(22,23)18(24,25)19(26,27)20(28,29)21(30,31)32/h14H,3-13H2,1-2H3. The molecule has 0 saturated heterocycles. The molecule has 0 heterocycles. The molecule has 34 heavy (non-hydrogen) atoms. The molecule has 0 spiro atoms. The molecule has 0 N–H and O–H groups in total. The maximum atomic E-state index is 14.0. The molecule has 0 aliphatic rings. The summed E-state index contributed by atoms with van der Waals surface area (Å²) in [4.78, 5) is 11.6. The minimum absolute atomic E-state index is 0.0342. The van der Waals surface area contributed by atoms with Gasteiger partial charge in [-0.1, -0.05) is 64.7 Å². The Hall–Kier alpha value is -1.56. The van der Waals surface area contributed by atoms with Gasteiger partial charge in [-0.15, -0.1) is 0 Å². The number of ether oxygens (including phenoxy) is 1. The molecule has 0 aromatic heterocycles. The van der Waals surface area contributed by atoms with E-state index in [9.17, 15) is 53.1 Å². The molecule has 0 aliphatic heterocycles. The van der Waals surface area contributed by atoms with E-state index < -0.39 is 53.9 Å². The lowest BCUT2D eigenvalue weighted by molar-refractivity contribution is -0.417. The zero-order valence-corrected chi connectivity index (χ0v) is 18.8. The quantitative estimate of drug-likeness (QED) is 0.0879. The average Bonchev–Trinajstić information content (AvgIpc) is 2.72. The van der Waals surface area contributed by atoms with Gasteiger partial charge in [0.25, 0.3) is 0 Å². The Labute approximate surface area is 190 Å². The number of alkyl halides is 11. The lowest BCUT2D eigenvalue weighted by Gasteiger charge is -2.36. The van der Waals surface area contributed by atoms with Crippen molar-refractivity contribution in [3.63, 3.8) is 0 Å². The molecule has 0 aromatic carbocycles. The van der Waals surface area contributed by atoms with Crippen LogP contribution in [0.4, 0.5) is 48.3 Å². The van der Waals surface area contributed by atoms with Crippen LogP contribution < -0.4 is 0 Å². The number of allylic oxidation sites excluding steroid dienone is 1. The van der Waals surface area contributed by atoms with E-state index in [1.165, 1.54) is 0 Å². The second-order valence-corrected chi connectivity index (χ2v) is 7.94. The van der Waals surface area contributed by atoms with Gasteiger partial charge in [0.15, 0.2) is 0 Å². The maximum Gasteiger partial charge on any atom is 0.460 e. The molecule has 0 radical (unpaired) electrons. The summed E-state index contributed by atoms with van der Waals surface area (Å²) in [7, 11) is 0.664. The summed E-state index contributed by atoms with van der Waals surface area (Å²) in [6, 6.07) is 0. The van der Waals surface area contributed by atoms with Gasteiger partial charge in [0, 0.05) is 11.6 Å². The summed E-state index contributed by atoms with van der Waals surface area (Å²) < 4.78 is 149. The summed E-state index contributed by atoms with van der Waals surface area (Å²) >= 11 is 0. The second-order valence-electron chi connectivity index (χ2n) is 7.94. The van der Waals surface area contributed by atoms with E-state index in [2.05, 4.69) is 11.7 Å². The number of unbranched alkanes of at least 4 members (excludes halogenated alkanes) is 9. The Kier molecular flexibility index (Phi) is 12.4. The van der Waals surface area contributed by atoms with E-state index in [0.29, 0.717) is 20.0 Å². The van der Waals surface area contributed by atoms with Gasteiger partial charge < -0.3 is 4.74 Å². The highest BCUT2D eigenvalue weighted by Crippen LogP contribution is 2.57. The van der Waals surface area contributed by atoms with E-state index in [-0.39, 0.29) is 6.42 Å². The number of halogens is 11. The van der Waals surface area contributed by atoms with Crippen molar-refractivity contribution < 1.29 is 57.8 Å². The van der Waals surface area contributed by atoms with Crippen LogP contribution in [0, 0.1) is 0 Å². The lowest BCUT2D eigenvalue weighted by atomic mass is 9.95. The summed E-state index contributed by atoms with van der Waals surface area (Å²) in [6.07, 6.45) is -1.05. The van der Waals surface area contributed by atoms with Gasteiger partial charge in [-0.2, -0.15) is 48.3 Å². The predicted octanol–water partition coefficient (Wildman–Crippen LogP) is 8.50. The van der Waals surface area contributed by atoms with Crippen molar-refractivity contribution in [3.8, 4) is 0 Å². The van der Waals surface area contributed by atoms with Gasteiger partial charge in [0.2, 0.25) is 0 Å². The van der Waals surface area contributed by atoms with Crippen LogP contribution in [0.5, 0.6) is 0 Å². The Morgan fingerprint density at radius 2 is 1.06 bits per heavy atom. The number of methoxy groups -OCH3 is 1. The molecule has 202 valence electrons. The zero-order chi connectivity index (χ0) is 26.8.